The minimum Gasteiger partial charge on any atom is -0.394 e. The highest BCUT2D eigenvalue weighted by molar-refractivity contribution is 7.99. The van der Waals surface area contributed by atoms with Crippen molar-refractivity contribution in [3.8, 4) is 0 Å². The minimum absolute atomic E-state index is 0.0441. The van der Waals surface area contributed by atoms with Crippen LogP contribution in [0.4, 0.5) is 0 Å². The molecule has 0 aromatic heterocycles. The number of benzene rings is 1. The summed E-state index contributed by atoms with van der Waals surface area (Å²) in [7, 11) is 0. The highest BCUT2D eigenvalue weighted by Crippen LogP contribution is 2.10. The lowest BCUT2D eigenvalue weighted by molar-refractivity contribution is -0.118. The lowest BCUT2D eigenvalue weighted by Crippen LogP contribution is -2.27. The monoisotopic (exact) mass is 283 g/mol. The van der Waals surface area contributed by atoms with E-state index in [-0.39, 0.29) is 12.5 Å². The Kier molecular flexibility index (Phi) is 9.14. The van der Waals surface area contributed by atoms with E-state index in [1.54, 1.807) is 11.8 Å². The largest absolute Gasteiger partial charge is 0.394 e. The number of hydrogen-bond donors (Lipinski definition) is 2. The van der Waals surface area contributed by atoms with Crippen molar-refractivity contribution in [2.45, 2.75) is 12.2 Å². The van der Waals surface area contributed by atoms with E-state index < -0.39 is 0 Å². The summed E-state index contributed by atoms with van der Waals surface area (Å²) in [6, 6.07) is 10.1. The second kappa shape index (κ2) is 10.8. The number of aliphatic hydroxyl groups is 1. The Morgan fingerprint density at radius 3 is 2.79 bits per heavy atom. The maximum atomic E-state index is 11.5. The first-order valence-electron chi connectivity index (χ1n) is 6.40. The number of thioether (sulfide) groups is 1. The molecule has 0 spiro atoms. The van der Waals surface area contributed by atoms with Gasteiger partial charge in [-0.2, -0.15) is 0 Å². The standard InChI is InChI=1S/C14H21NO3S/c16-8-10-18-9-4-7-15-14(17)12-19-11-13-5-2-1-3-6-13/h1-3,5-6,16H,4,7-12H2,(H,15,17). The number of nitrogens with one attached hydrogen (secondary N) is 1. The average Bonchev–Trinajstić information content (AvgIpc) is 2.44. The Morgan fingerprint density at radius 1 is 1.26 bits per heavy atom. The molecule has 1 amide bonds. The number of ether oxygens (including phenoxy) is 1. The molecule has 0 aliphatic rings. The Hall–Kier alpha value is -1.04. The summed E-state index contributed by atoms with van der Waals surface area (Å²) in [5.74, 6) is 1.39. The van der Waals surface area contributed by atoms with Crippen molar-refractivity contribution in [2.75, 3.05) is 32.1 Å². The molecule has 0 aliphatic carbocycles. The lowest BCUT2D eigenvalue weighted by atomic mass is 10.2. The van der Waals surface area contributed by atoms with Crippen molar-refractivity contribution in [3.05, 3.63) is 35.9 Å². The Bertz CT molecular complexity index is 346. The molecule has 0 saturated heterocycles. The molecular weight excluding hydrogens is 262 g/mol. The predicted molar refractivity (Wildman–Crippen MR) is 78.1 cm³/mol. The van der Waals surface area contributed by atoms with Gasteiger partial charge in [-0.3, -0.25) is 4.79 Å². The van der Waals surface area contributed by atoms with Crippen molar-refractivity contribution >= 4 is 17.7 Å². The van der Waals surface area contributed by atoms with Gasteiger partial charge in [-0.1, -0.05) is 30.3 Å². The van der Waals surface area contributed by atoms with E-state index in [9.17, 15) is 4.79 Å². The fraction of sp³-hybridized carbons (Fsp3) is 0.500. The molecular formula is C14H21NO3S. The van der Waals surface area contributed by atoms with Crippen LogP contribution in [0.25, 0.3) is 0 Å². The maximum Gasteiger partial charge on any atom is 0.230 e. The molecule has 0 unspecified atom stereocenters. The van der Waals surface area contributed by atoms with Crippen LogP contribution in [0.15, 0.2) is 30.3 Å². The number of hydrogen-bond acceptors (Lipinski definition) is 4. The smallest absolute Gasteiger partial charge is 0.230 e. The van der Waals surface area contributed by atoms with E-state index in [0.717, 1.165) is 12.2 Å². The van der Waals surface area contributed by atoms with Crippen molar-refractivity contribution in [2.24, 2.45) is 0 Å². The van der Waals surface area contributed by atoms with Crippen LogP contribution in [0, 0.1) is 0 Å². The molecule has 0 aliphatic heterocycles. The van der Waals surface area contributed by atoms with Gasteiger partial charge in [0.25, 0.3) is 0 Å². The quantitative estimate of drug-likeness (QED) is 0.638. The fourth-order valence-corrected chi connectivity index (χ4v) is 2.27. The average molecular weight is 283 g/mol. The molecule has 5 heteroatoms. The summed E-state index contributed by atoms with van der Waals surface area (Å²) in [5, 5.41) is 11.3. The minimum atomic E-state index is 0.0441. The van der Waals surface area contributed by atoms with Crippen LogP contribution in [0.1, 0.15) is 12.0 Å². The summed E-state index contributed by atoms with van der Waals surface area (Å²) in [4.78, 5) is 11.5. The molecule has 2 N–H and O–H groups in total. The van der Waals surface area contributed by atoms with Gasteiger partial charge in [0.05, 0.1) is 19.0 Å². The molecule has 1 aromatic carbocycles. The van der Waals surface area contributed by atoms with Gasteiger partial charge in [-0.15, -0.1) is 11.8 Å². The molecule has 106 valence electrons. The molecule has 0 atom stereocenters. The van der Waals surface area contributed by atoms with Gasteiger partial charge in [0, 0.05) is 18.9 Å². The molecule has 0 fully saturated rings. The van der Waals surface area contributed by atoms with Crippen LogP contribution in [-0.2, 0) is 15.3 Å². The van der Waals surface area contributed by atoms with E-state index in [1.165, 1.54) is 5.56 Å². The zero-order chi connectivity index (χ0) is 13.8. The SMILES string of the molecule is O=C(CSCc1ccccc1)NCCCOCCO. The van der Waals surface area contributed by atoms with E-state index in [4.69, 9.17) is 9.84 Å². The maximum absolute atomic E-state index is 11.5. The third kappa shape index (κ3) is 8.64. The van der Waals surface area contributed by atoms with E-state index in [0.29, 0.717) is 25.5 Å². The number of amides is 1. The first-order valence-corrected chi connectivity index (χ1v) is 7.55. The van der Waals surface area contributed by atoms with Crippen LogP contribution in [-0.4, -0.2) is 43.1 Å². The summed E-state index contributed by atoms with van der Waals surface area (Å²) >= 11 is 1.61. The van der Waals surface area contributed by atoms with Gasteiger partial charge >= 0.3 is 0 Å². The van der Waals surface area contributed by atoms with Crippen molar-refractivity contribution in [3.63, 3.8) is 0 Å². The second-order valence-corrected chi connectivity index (χ2v) is 5.00. The van der Waals surface area contributed by atoms with Gasteiger partial charge < -0.3 is 15.2 Å². The van der Waals surface area contributed by atoms with E-state index in [2.05, 4.69) is 17.4 Å². The number of carbonyl (C=O) groups excluding carboxylic acids is 1. The van der Waals surface area contributed by atoms with Gasteiger partial charge in [-0.25, -0.2) is 0 Å². The van der Waals surface area contributed by atoms with Gasteiger partial charge in [0.2, 0.25) is 5.91 Å². The van der Waals surface area contributed by atoms with E-state index >= 15 is 0 Å². The van der Waals surface area contributed by atoms with Crippen LogP contribution in [0.2, 0.25) is 0 Å². The van der Waals surface area contributed by atoms with Crippen molar-refractivity contribution in [1.82, 2.24) is 5.32 Å². The molecule has 0 heterocycles. The fourth-order valence-electron chi connectivity index (χ4n) is 1.46. The molecule has 1 rings (SSSR count). The summed E-state index contributed by atoms with van der Waals surface area (Å²) in [6.07, 6.45) is 0.773. The summed E-state index contributed by atoms with van der Waals surface area (Å²) in [6.45, 7) is 1.59. The van der Waals surface area contributed by atoms with Crippen LogP contribution in [0.5, 0.6) is 0 Å². The van der Waals surface area contributed by atoms with Crippen molar-refractivity contribution in [1.29, 1.82) is 0 Å². The topological polar surface area (TPSA) is 58.6 Å². The number of carbonyl (C=O) groups is 1. The highest BCUT2D eigenvalue weighted by Gasteiger charge is 2.01. The highest BCUT2D eigenvalue weighted by atomic mass is 32.2. The van der Waals surface area contributed by atoms with Crippen LogP contribution in [0.3, 0.4) is 0 Å². The first kappa shape index (κ1) is 16.0. The lowest BCUT2D eigenvalue weighted by Gasteiger charge is -2.05. The Balaban J connectivity index is 1.96. The normalized spacial score (nSPS) is 10.4. The van der Waals surface area contributed by atoms with Gasteiger partial charge in [-0.05, 0) is 12.0 Å². The molecule has 19 heavy (non-hydrogen) atoms. The molecule has 4 nitrogen and oxygen atoms in total. The summed E-state index contributed by atoms with van der Waals surface area (Å²) < 4.78 is 5.10. The Labute approximate surface area is 118 Å². The zero-order valence-electron chi connectivity index (χ0n) is 11.0. The van der Waals surface area contributed by atoms with Crippen LogP contribution < -0.4 is 5.32 Å². The summed E-state index contributed by atoms with van der Waals surface area (Å²) in [5.41, 5.74) is 1.23. The van der Waals surface area contributed by atoms with E-state index in [1.807, 2.05) is 18.2 Å². The zero-order valence-corrected chi connectivity index (χ0v) is 11.8. The first-order chi connectivity index (χ1) is 9.33. The molecule has 0 saturated carbocycles. The van der Waals surface area contributed by atoms with Crippen LogP contribution >= 0.6 is 11.8 Å². The molecule has 0 radical (unpaired) electrons. The number of aliphatic hydroxyl groups excluding tert-OH is 1. The third-order valence-electron chi connectivity index (χ3n) is 2.37. The molecule has 1 aromatic rings. The van der Waals surface area contributed by atoms with Gasteiger partial charge in [0.1, 0.15) is 0 Å². The number of rotatable bonds is 10. The second-order valence-electron chi connectivity index (χ2n) is 4.02. The van der Waals surface area contributed by atoms with Gasteiger partial charge in [0.15, 0.2) is 0 Å². The molecule has 0 bridgehead atoms. The predicted octanol–water partition coefficient (Wildman–Crippen LogP) is 1.44. The third-order valence-corrected chi connectivity index (χ3v) is 3.37. The van der Waals surface area contributed by atoms with Crippen molar-refractivity contribution < 1.29 is 14.6 Å². The Morgan fingerprint density at radius 2 is 2.05 bits per heavy atom.